The van der Waals surface area contributed by atoms with Crippen molar-refractivity contribution in [3.8, 4) is 11.5 Å². The highest BCUT2D eigenvalue weighted by Crippen LogP contribution is 2.31. The van der Waals surface area contributed by atoms with E-state index in [9.17, 15) is 0 Å². The number of aryl methyl sites for hydroxylation is 1. The van der Waals surface area contributed by atoms with Crippen LogP contribution < -0.4 is 10.5 Å². The summed E-state index contributed by atoms with van der Waals surface area (Å²) in [5, 5.41) is 0. The number of hydrogen-bond donors (Lipinski definition) is 1. The molecule has 3 aromatic rings. The molecule has 0 aliphatic heterocycles. The molecular formula is C22H23N3O. The van der Waals surface area contributed by atoms with Crippen LogP contribution in [0.1, 0.15) is 36.6 Å². The van der Waals surface area contributed by atoms with Gasteiger partial charge in [0.2, 0.25) is 0 Å². The minimum absolute atomic E-state index is 0.504. The number of anilines is 1. The van der Waals surface area contributed by atoms with Crippen molar-refractivity contribution in [2.24, 2.45) is 0 Å². The van der Waals surface area contributed by atoms with Gasteiger partial charge in [-0.1, -0.05) is 49.8 Å². The predicted molar refractivity (Wildman–Crippen MR) is 106 cm³/mol. The summed E-state index contributed by atoms with van der Waals surface area (Å²) in [6.07, 6.45) is 5.73. The normalized spacial score (nSPS) is 11.4. The molecule has 0 amide bonds. The number of nitrogens with zero attached hydrogens (tertiary/aromatic N) is 2. The molecule has 1 aromatic heterocycles. The van der Waals surface area contributed by atoms with E-state index in [-0.39, 0.29) is 0 Å². The van der Waals surface area contributed by atoms with Crippen LogP contribution in [0.15, 0.2) is 67.0 Å². The first-order chi connectivity index (χ1) is 12.7. The number of rotatable bonds is 6. The summed E-state index contributed by atoms with van der Waals surface area (Å²) in [7, 11) is 0. The van der Waals surface area contributed by atoms with Crippen molar-refractivity contribution in [2.75, 3.05) is 5.73 Å². The Bertz CT molecular complexity index is 867. The number of para-hydroxylation sites is 1. The first-order valence-corrected chi connectivity index (χ1v) is 8.80. The fourth-order valence-corrected chi connectivity index (χ4v) is 2.81. The largest absolute Gasteiger partial charge is 0.457 e. The second kappa shape index (κ2) is 8.30. The van der Waals surface area contributed by atoms with Crippen LogP contribution in [0, 0.1) is 6.92 Å². The number of ether oxygens (including phenoxy) is 1. The van der Waals surface area contributed by atoms with Crippen molar-refractivity contribution < 1.29 is 4.74 Å². The third-order valence-corrected chi connectivity index (χ3v) is 4.12. The monoisotopic (exact) mass is 345 g/mol. The van der Waals surface area contributed by atoms with Crippen molar-refractivity contribution in [3.63, 3.8) is 0 Å². The van der Waals surface area contributed by atoms with Gasteiger partial charge in [0.25, 0.3) is 0 Å². The Morgan fingerprint density at radius 3 is 2.35 bits per heavy atom. The van der Waals surface area contributed by atoms with Crippen molar-refractivity contribution in [1.29, 1.82) is 0 Å². The molecule has 2 N–H and O–H groups in total. The van der Waals surface area contributed by atoms with Crippen molar-refractivity contribution in [2.45, 2.75) is 26.7 Å². The Hall–Kier alpha value is -3.14. The molecule has 0 aliphatic rings. The van der Waals surface area contributed by atoms with Gasteiger partial charge in [-0.25, -0.2) is 9.97 Å². The Balaban J connectivity index is 1.93. The summed E-state index contributed by atoms with van der Waals surface area (Å²) in [5.74, 6) is 2.12. The average Bonchev–Trinajstić information content (AvgIpc) is 2.66. The number of unbranched alkanes of at least 4 members (excludes halogenated alkanes) is 1. The molecule has 3 rings (SSSR count). The molecule has 2 aromatic carbocycles. The average molecular weight is 345 g/mol. The molecule has 4 nitrogen and oxygen atoms in total. The minimum Gasteiger partial charge on any atom is -0.457 e. The smallest absolute Gasteiger partial charge is 0.134 e. The molecule has 0 spiro atoms. The second-order valence-corrected chi connectivity index (χ2v) is 6.07. The summed E-state index contributed by atoms with van der Waals surface area (Å²) in [5.41, 5.74) is 10.1. The summed E-state index contributed by atoms with van der Waals surface area (Å²) < 4.78 is 5.88. The van der Waals surface area contributed by atoms with E-state index in [1.54, 1.807) is 0 Å². The van der Waals surface area contributed by atoms with Crippen molar-refractivity contribution in [3.05, 3.63) is 83.8 Å². The van der Waals surface area contributed by atoms with Crippen LogP contribution in [0.4, 0.5) is 5.82 Å². The number of nitrogen functional groups attached to an aromatic ring is 1. The van der Waals surface area contributed by atoms with Gasteiger partial charge < -0.3 is 10.5 Å². The second-order valence-electron chi connectivity index (χ2n) is 6.07. The molecule has 0 aliphatic carbocycles. The van der Waals surface area contributed by atoms with Crippen molar-refractivity contribution >= 4 is 11.4 Å². The molecule has 0 radical (unpaired) electrons. The van der Waals surface area contributed by atoms with Gasteiger partial charge in [-0.05, 0) is 48.7 Å². The molecule has 0 atom stereocenters. The number of benzene rings is 2. The standard InChI is InChI=1S/C22H23N3O/c1-3-4-10-20(21-16(2)24-15-25-22(21)23)17-11-13-19(14-12-17)26-18-8-6-5-7-9-18/h5-15H,3-4H2,1-2H3,(H2,23,24,25)/b20-10-. The summed E-state index contributed by atoms with van der Waals surface area (Å²) in [6.45, 7) is 4.11. The Kier molecular flexibility index (Phi) is 5.64. The van der Waals surface area contributed by atoms with Gasteiger partial charge in [-0.2, -0.15) is 0 Å². The van der Waals surface area contributed by atoms with Crippen LogP contribution in [0.5, 0.6) is 11.5 Å². The van der Waals surface area contributed by atoms with Gasteiger partial charge in [-0.15, -0.1) is 0 Å². The zero-order chi connectivity index (χ0) is 18.4. The minimum atomic E-state index is 0.504. The summed E-state index contributed by atoms with van der Waals surface area (Å²) in [6, 6.07) is 17.8. The lowest BCUT2D eigenvalue weighted by molar-refractivity contribution is 0.482. The van der Waals surface area contributed by atoms with E-state index in [4.69, 9.17) is 10.5 Å². The van der Waals surface area contributed by atoms with E-state index >= 15 is 0 Å². The van der Waals surface area contributed by atoms with Crippen LogP contribution in [0.3, 0.4) is 0 Å². The summed E-state index contributed by atoms with van der Waals surface area (Å²) in [4.78, 5) is 8.48. The highest BCUT2D eigenvalue weighted by Gasteiger charge is 2.13. The van der Waals surface area contributed by atoms with Crippen LogP contribution in [-0.2, 0) is 0 Å². The number of nitrogens with two attached hydrogens (primary N) is 1. The van der Waals surface area contributed by atoms with Gasteiger partial charge in [0.05, 0.1) is 5.69 Å². The maximum Gasteiger partial charge on any atom is 0.134 e. The zero-order valence-electron chi connectivity index (χ0n) is 15.1. The topological polar surface area (TPSA) is 61.0 Å². The van der Waals surface area contributed by atoms with E-state index in [1.807, 2.05) is 61.5 Å². The van der Waals surface area contributed by atoms with Gasteiger partial charge >= 0.3 is 0 Å². The van der Waals surface area contributed by atoms with E-state index in [1.165, 1.54) is 6.33 Å². The van der Waals surface area contributed by atoms with E-state index in [0.29, 0.717) is 5.82 Å². The molecule has 26 heavy (non-hydrogen) atoms. The lowest BCUT2D eigenvalue weighted by Gasteiger charge is -2.13. The SMILES string of the molecule is CCC/C=C(/c1ccc(Oc2ccccc2)cc1)c1c(C)ncnc1N. The molecule has 132 valence electrons. The van der Waals surface area contributed by atoms with Crippen LogP contribution >= 0.6 is 0 Å². The molecule has 0 saturated carbocycles. The molecule has 1 heterocycles. The number of allylic oxidation sites excluding steroid dienone is 1. The number of hydrogen-bond acceptors (Lipinski definition) is 4. The predicted octanol–water partition coefficient (Wildman–Crippen LogP) is 5.39. The molecule has 0 saturated heterocycles. The lowest BCUT2D eigenvalue weighted by Crippen LogP contribution is -2.03. The Labute approximate surface area is 154 Å². The molecule has 0 bridgehead atoms. The molecular weight excluding hydrogens is 322 g/mol. The fourth-order valence-electron chi connectivity index (χ4n) is 2.81. The third-order valence-electron chi connectivity index (χ3n) is 4.12. The third kappa shape index (κ3) is 4.09. The van der Waals surface area contributed by atoms with Crippen LogP contribution in [0.25, 0.3) is 5.57 Å². The van der Waals surface area contributed by atoms with Gasteiger partial charge in [0.1, 0.15) is 23.6 Å². The quantitative estimate of drug-likeness (QED) is 0.650. The van der Waals surface area contributed by atoms with E-state index in [2.05, 4.69) is 23.0 Å². The maximum atomic E-state index is 6.15. The van der Waals surface area contributed by atoms with Crippen LogP contribution in [0.2, 0.25) is 0 Å². The molecule has 0 unspecified atom stereocenters. The van der Waals surface area contributed by atoms with Gasteiger partial charge in [0, 0.05) is 5.56 Å². The first-order valence-electron chi connectivity index (χ1n) is 8.80. The number of aromatic nitrogens is 2. The fraction of sp³-hybridized carbons (Fsp3) is 0.182. The van der Waals surface area contributed by atoms with E-state index in [0.717, 1.165) is 46.7 Å². The van der Waals surface area contributed by atoms with E-state index < -0.39 is 0 Å². The summed E-state index contributed by atoms with van der Waals surface area (Å²) >= 11 is 0. The van der Waals surface area contributed by atoms with Crippen LogP contribution in [-0.4, -0.2) is 9.97 Å². The van der Waals surface area contributed by atoms with Gasteiger partial charge in [-0.3, -0.25) is 0 Å². The Morgan fingerprint density at radius 1 is 1.00 bits per heavy atom. The zero-order valence-corrected chi connectivity index (χ0v) is 15.1. The highest BCUT2D eigenvalue weighted by atomic mass is 16.5. The van der Waals surface area contributed by atoms with Gasteiger partial charge in [0.15, 0.2) is 0 Å². The molecule has 4 heteroatoms. The molecule has 0 fully saturated rings. The first kappa shape index (κ1) is 17.7. The highest BCUT2D eigenvalue weighted by molar-refractivity contribution is 5.85. The van der Waals surface area contributed by atoms with Crippen molar-refractivity contribution in [1.82, 2.24) is 9.97 Å². The maximum absolute atomic E-state index is 6.15. The Morgan fingerprint density at radius 2 is 1.69 bits per heavy atom. The lowest BCUT2D eigenvalue weighted by atomic mass is 9.95.